The number of sulfonamides is 1. The van der Waals surface area contributed by atoms with Gasteiger partial charge in [0.05, 0.1) is 16.5 Å². The molecule has 28 heavy (non-hydrogen) atoms. The average Bonchev–Trinajstić information content (AvgIpc) is 2.93. The van der Waals surface area contributed by atoms with Gasteiger partial charge in [0.1, 0.15) is 5.82 Å². The highest BCUT2D eigenvalue weighted by Crippen LogP contribution is 2.26. The van der Waals surface area contributed by atoms with Gasteiger partial charge in [-0.3, -0.25) is 0 Å². The second-order valence-corrected chi connectivity index (χ2v) is 7.91. The number of halogens is 1. The lowest BCUT2D eigenvalue weighted by Gasteiger charge is -2.10. The van der Waals surface area contributed by atoms with Gasteiger partial charge in [-0.25, -0.2) is 17.9 Å². The summed E-state index contributed by atoms with van der Waals surface area (Å²) >= 11 is 0. The Hall–Kier alpha value is -3.21. The molecule has 0 saturated heterocycles. The van der Waals surface area contributed by atoms with E-state index in [-0.39, 0.29) is 16.0 Å². The Bertz CT molecular complexity index is 1220. The third kappa shape index (κ3) is 3.74. The van der Waals surface area contributed by atoms with Crippen molar-refractivity contribution in [2.75, 3.05) is 0 Å². The van der Waals surface area contributed by atoms with E-state index in [1.54, 1.807) is 36.4 Å². The minimum Gasteiger partial charge on any atom is -0.318 e. The number of nitriles is 1. The molecule has 3 rings (SSSR count). The van der Waals surface area contributed by atoms with E-state index in [4.69, 9.17) is 5.14 Å². The van der Waals surface area contributed by atoms with Crippen LogP contribution in [0, 0.1) is 31.0 Å². The van der Waals surface area contributed by atoms with Crippen LogP contribution in [0.5, 0.6) is 0 Å². The number of hydrogen-bond donors (Lipinski definition) is 1. The maximum atomic E-state index is 14.1. The van der Waals surface area contributed by atoms with E-state index in [0.717, 1.165) is 22.6 Å². The topological polar surface area (TPSA) is 88.9 Å². The largest absolute Gasteiger partial charge is 0.318 e. The second-order valence-electron chi connectivity index (χ2n) is 6.35. The Morgan fingerprint density at radius 3 is 2.36 bits per heavy atom. The molecule has 5 nitrogen and oxygen atoms in total. The van der Waals surface area contributed by atoms with E-state index in [1.807, 2.05) is 24.5 Å². The molecule has 0 atom stereocenters. The zero-order valence-corrected chi connectivity index (χ0v) is 16.2. The Morgan fingerprint density at radius 2 is 1.79 bits per heavy atom. The summed E-state index contributed by atoms with van der Waals surface area (Å²) in [5, 5.41) is 14.6. The lowest BCUT2D eigenvalue weighted by Crippen LogP contribution is -2.12. The summed E-state index contributed by atoms with van der Waals surface area (Å²) in [6.45, 7) is 3.77. The van der Waals surface area contributed by atoms with Crippen molar-refractivity contribution in [2.45, 2.75) is 18.7 Å². The minimum atomic E-state index is -3.76. The predicted octanol–water partition coefficient (Wildman–Crippen LogP) is 3.94. The van der Waals surface area contributed by atoms with E-state index in [2.05, 4.69) is 6.07 Å². The fraction of sp³-hybridized carbons (Fsp3) is 0.0952. The van der Waals surface area contributed by atoms with E-state index in [1.165, 1.54) is 18.2 Å². The van der Waals surface area contributed by atoms with Crippen LogP contribution in [0.2, 0.25) is 0 Å². The van der Waals surface area contributed by atoms with Crippen molar-refractivity contribution in [1.29, 1.82) is 5.26 Å². The molecule has 2 N–H and O–H groups in total. The molecule has 0 bridgehead atoms. The number of aryl methyl sites for hydroxylation is 1. The Kier molecular flexibility index (Phi) is 5.18. The number of aromatic nitrogens is 1. The third-order valence-electron chi connectivity index (χ3n) is 4.48. The van der Waals surface area contributed by atoms with Gasteiger partial charge in [-0.2, -0.15) is 5.26 Å². The Balaban J connectivity index is 2.08. The standard InChI is InChI=1S/C21H18FN3O2S/c1-14-11-16(12-17(13-23)20-5-3-4-6-21(20)22)15(2)25(14)18-7-9-19(10-8-18)28(24,26)27/h3-12H,1-2H3,(H2,24,26,27). The molecule has 0 spiro atoms. The van der Waals surface area contributed by atoms with Crippen molar-refractivity contribution in [3.63, 3.8) is 0 Å². The van der Waals surface area contributed by atoms with Crippen LogP contribution in [0.3, 0.4) is 0 Å². The molecule has 0 saturated carbocycles. The first kappa shape index (κ1) is 19.5. The number of nitrogens with zero attached hydrogens (tertiary/aromatic N) is 2. The third-order valence-corrected chi connectivity index (χ3v) is 5.41. The molecular weight excluding hydrogens is 377 g/mol. The summed E-state index contributed by atoms with van der Waals surface area (Å²) in [5.74, 6) is -0.456. The first-order valence-electron chi connectivity index (χ1n) is 8.41. The van der Waals surface area contributed by atoms with Crippen molar-refractivity contribution in [1.82, 2.24) is 4.57 Å². The molecule has 0 radical (unpaired) electrons. The van der Waals surface area contributed by atoms with Crippen LogP contribution in [-0.2, 0) is 10.0 Å². The van der Waals surface area contributed by atoms with Crippen molar-refractivity contribution < 1.29 is 12.8 Å². The molecular formula is C21H18FN3O2S. The van der Waals surface area contributed by atoms with Crippen LogP contribution in [0.25, 0.3) is 17.3 Å². The number of rotatable bonds is 4. The van der Waals surface area contributed by atoms with E-state index < -0.39 is 15.8 Å². The van der Waals surface area contributed by atoms with E-state index >= 15 is 0 Å². The zero-order valence-electron chi connectivity index (χ0n) is 15.3. The van der Waals surface area contributed by atoms with E-state index in [0.29, 0.717) is 0 Å². The van der Waals surface area contributed by atoms with Gasteiger partial charge >= 0.3 is 0 Å². The summed E-state index contributed by atoms with van der Waals surface area (Å²) < 4.78 is 38.9. The first-order chi connectivity index (χ1) is 13.2. The van der Waals surface area contributed by atoms with E-state index in [9.17, 15) is 18.1 Å². The number of allylic oxidation sites excluding steroid dienone is 1. The summed E-state index contributed by atoms with van der Waals surface area (Å²) in [6, 6.07) is 16.3. The molecule has 7 heteroatoms. The van der Waals surface area contributed by atoms with Gasteiger partial charge in [-0.05, 0) is 61.9 Å². The lowest BCUT2D eigenvalue weighted by molar-refractivity contribution is 0.598. The fourth-order valence-electron chi connectivity index (χ4n) is 3.12. The Labute approximate surface area is 163 Å². The normalized spacial score (nSPS) is 12.0. The van der Waals surface area contributed by atoms with Gasteiger partial charge in [-0.15, -0.1) is 0 Å². The number of benzene rings is 2. The van der Waals surface area contributed by atoms with Crippen LogP contribution in [0.15, 0.2) is 59.5 Å². The first-order valence-corrected chi connectivity index (χ1v) is 9.96. The van der Waals surface area contributed by atoms with Crippen LogP contribution in [0.4, 0.5) is 4.39 Å². The fourth-order valence-corrected chi connectivity index (χ4v) is 3.64. The van der Waals surface area contributed by atoms with Gasteiger partial charge in [0.15, 0.2) is 0 Å². The molecule has 0 aliphatic heterocycles. The average molecular weight is 395 g/mol. The van der Waals surface area contributed by atoms with Crippen LogP contribution < -0.4 is 5.14 Å². The molecule has 0 aliphatic rings. The Morgan fingerprint density at radius 1 is 1.14 bits per heavy atom. The molecule has 0 aliphatic carbocycles. The van der Waals surface area contributed by atoms with Gasteiger partial charge < -0.3 is 4.57 Å². The molecule has 1 aromatic heterocycles. The van der Waals surface area contributed by atoms with Crippen LogP contribution >= 0.6 is 0 Å². The second kappa shape index (κ2) is 7.43. The molecule has 142 valence electrons. The quantitative estimate of drug-likeness (QED) is 0.679. The predicted molar refractivity (Wildman–Crippen MR) is 107 cm³/mol. The smallest absolute Gasteiger partial charge is 0.238 e. The maximum Gasteiger partial charge on any atom is 0.238 e. The molecule has 0 fully saturated rings. The van der Waals surface area contributed by atoms with Gasteiger partial charge in [0.2, 0.25) is 10.0 Å². The zero-order chi connectivity index (χ0) is 20.5. The lowest BCUT2D eigenvalue weighted by atomic mass is 10.0. The number of primary sulfonamides is 1. The minimum absolute atomic E-state index is 0.0325. The van der Waals surface area contributed by atoms with Gasteiger partial charge in [0, 0.05) is 22.6 Å². The van der Waals surface area contributed by atoms with Crippen molar-refractivity contribution in [2.24, 2.45) is 5.14 Å². The van der Waals surface area contributed by atoms with Crippen molar-refractivity contribution in [3.8, 4) is 11.8 Å². The van der Waals surface area contributed by atoms with Gasteiger partial charge in [-0.1, -0.05) is 18.2 Å². The highest BCUT2D eigenvalue weighted by atomic mass is 32.2. The number of nitrogens with two attached hydrogens (primary N) is 1. The molecule has 1 heterocycles. The maximum absolute atomic E-state index is 14.1. The highest BCUT2D eigenvalue weighted by Gasteiger charge is 2.14. The summed E-state index contributed by atoms with van der Waals surface area (Å²) in [4.78, 5) is 0.0325. The van der Waals surface area contributed by atoms with Crippen molar-refractivity contribution >= 4 is 21.7 Å². The SMILES string of the molecule is Cc1cc(C=C(C#N)c2ccccc2F)c(C)n1-c1ccc(S(N)(=O)=O)cc1. The van der Waals surface area contributed by atoms with Crippen LogP contribution in [0.1, 0.15) is 22.5 Å². The summed E-state index contributed by atoms with van der Waals surface area (Å²) in [7, 11) is -3.76. The number of hydrogen-bond acceptors (Lipinski definition) is 3. The summed E-state index contributed by atoms with van der Waals surface area (Å²) in [6.07, 6.45) is 1.65. The van der Waals surface area contributed by atoms with Gasteiger partial charge in [0.25, 0.3) is 0 Å². The van der Waals surface area contributed by atoms with Crippen LogP contribution in [-0.4, -0.2) is 13.0 Å². The highest BCUT2D eigenvalue weighted by molar-refractivity contribution is 7.89. The summed E-state index contributed by atoms with van der Waals surface area (Å²) in [5.41, 5.74) is 3.72. The monoisotopic (exact) mass is 395 g/mol. The molecule has 2 aromatic carbocycles. The molecule has 3 aromatic rings. The molecule has 0 unspecified atom stereocenters. The van der Waals surface area contributed by atoms with Crippen molar-refractivity contribution in [3.05, 3.63) is 82.9 Å². The molecule has 0 amide bonds.